The van der Waals surface area contributed by atoms with Crippen LogP contribution in [0.4, 0.5) is 0 Å². The Kier molecular flexibility index (Phi) is 15.1. The molecule has 0 bridgehead atoms. The highest BCUT2D eigenvalue weighted by molar-refractivity contribution is 8.47. The number of carboxylic acid groups (broad SMARTS) is 1. The number of rotatable bonds is 15. The third kappa shape index (κ3) is 13.6. The van der Waals surface area contributed by atoms with Crippen molar-refractivity contribution in [1.82, 2.24) is 0 Å². The van der Waals surface area contributed by atoms with Crippen LogP contribution in [0.15, 0.2) is 0 Å². The van der Waals surface area contributed by atoms with Crippen LogP contribution in [0.1, 0.15) is 84.5 Å². The largest absolute Gasteiger partial charge is 0.475 e. The molecule has 1 atom stereocenters. The van der Waals surface area contributed by atoms with E-state index in [1.54, 1.807) is 6.92 Å². The van der Waals surface area contributed by atoms with Gasteiger partial charge in [-0.3, -0.25) is 4.79 Å². The fourth-order valence-corrected chi connectivity index (χ4v) is 5.41. The first-order valence-corrected chi connectivity index (χ1v) is 11.6. The Balaban J connectivity index is 3.77. The number of carbonyl (C=O) groups is 2. The summed E-state index contributed by atoms with van der Waals surface area (Å²) < 4.78 is -0.514. The number of thioether (sulfide) groups is 2. The molecule has 4 nitrogen and oxygen atoms in total. The topological polar surface area (TPSA) is 78.2 Å². The molecule has 0 fully saturated rings. The molecule has 0 amide bonds. The van der Waals surface area contributed by atoms with Crippen LogP contribution in [0.3, 0.4) is 0 Å². The van der Waals surface area contributed by atoms with E-state index >= 15 is 0 Å². The van der Waals surface area contributed by atoms with Crippen molar-refractivity contribution in [2.45, 2.75) is 89.2 Å². The molecular weight excluding hydrogens is 386 g/mol. The van der Waals surface area contributed by atoms with E-state index in [-0.39, 0.29) is 6.42 Å². The normalized spacial score (nSPS) is 13.0. The Morgan fingerprint density at radius 1 is 1.04 bits per heavy atom. The van der Waals surface area contributed by atoms with Gasteiger partial charge in [0, 0.05) is 6.42 Å². The second kappa shape index (κ2) is 15.5. The van der Waals surface area contributed by atoms with Crippen molar-refractivity contribution in [2.24, 2.45) is 0 Å². The number of thiocarbonyl (C=S) groups is 1. The third-order valence-corrected chi connectivity index (χ3v) is 6.79. The van der Waals surface area contributed by atoms with Gasteiger partial charge in [0.2, 0.25) is 5.78 Å². The molecule has 26 heavy (non-hydrogen) atoms. The maximum Gasteiger partial charge on any atom is 0.372 e. The Hall–Kier alpha value is -0.580. The summed E-state index contributed by atoms with van der Waals surface area (Å²) in [5.74, 6) is -1.56. The maximum atomic E-state index is 11.3. The standard InChI is InChI=1S/C19H31NO3S3/c1-3-4-5-6-7-8-9-10-11-12-13-25-18(24)26-19(2,15-20)14-16(21)17(22)23/h3-14H2,1-2H3,(H,22,23). The molecule has 0 aliphatic heterocycles. The van der Waals surface area contributed by atoms with Gasteiger partial charge in [0.05, 0.1) is 6.07 Å². The molecule has 0 aliphatic rings. The Labute approximate surface area is 171 Å². The van der Waals surface area contributed by atoms with Crippen LogP contribution in [0.25, 0.3) is 0 Å². The number of nitrogens with zero attached hydrogens (tertiary/aromatic N) is 1. The minimum absolute atomic E-state index is 0.331. The van der Waals surface area contributed by atoms with Crippen molar-refractivity contribution < 1.29 is 14.7 Å². The fourth-order valence-electron chi connectivity index (χ4n) is 2.44. The van der Waals surface area contributed by atoms with Crippen LogP contribution in [-0.2, 0) is 9.59 Å². The van der Waals surface area contributed by atoms with E-state index in [1.807, 2.05) is 6.07 Å². The molecule has 0 aliphatic carbocycles. The molecule has 0 aromatic carbocycles. The van der Waals surface area contributed by atoms with E-state index < -0.39 is 16.5 Å². The summed E-state index contributed by atoms with van der Waals surface area (Å²) in [5, 5.41) is 17.9. The van der Waals surface area contributed by atoms with Crippen LogP contribution in [-0.4, -0.2) is 30.9 Å². The number of hydrogen-bond donors (Lipinski definition) is 1. The van der Waals surface area contributed by atoms with E-state index in [9.17, 15) is 14.9 Å². The van der Waals surface area contributed by atoms with Gasteiger partial charge in [-0.15, -0.1) is 11.8 Å². The summed E-state index contributed by atoms with van der Waals surface area (Å²) in [6.07, 6.45) is 12.5. The summed E-state index contributed by atoms with van der Waals surface area (Å²) in [6.45, 7) is 3.80. The number of carbonyl (C=O) groups excluding carboxylic acids is 1. The average molecular weight is 418 g/mol. The molecule has 0 heterocycles. The number of ketones is 1. The number of hydrogen-bond acceptors (Lipinski definition) is 6. The van der Waals surface area contributed by atoms with Gasteiger partial charge < -0.3 is 5.11 Å². The van der Waals surface area contributed by atoms with Gasteiger partial charge in [0.1, 0.15) is 8.28 Å². The summed E-state index contributed by atoms with van der Waals surface area (Å²) in [7, 11) is 0. The first-order chi connectivity index (χ1) is 12.3. The summed E-state index contributed by atoms with van der Waals surface area (Å²) >= 11 is 7.91. The van der Waals surface area contributed by atoms with Crippen molar-refractivity contribution in [3.05, 3.63) is 0 Å². The summed E-state index contributed by atoms with van der Waals surface area (Å²) in [6, 6.07) is 2.02. The zero-order valence-electron chi connectivity index (χ0n) is 15.9. The molecule has 1 N–H and O–H groups in total. The second-order valence-electron chi connectivity index (χ2n) is 6.63. The molecule has 0 radical (unpaired) electrons. The average Bonchev–Trinajstić information content (AvgIpc) is 2.59. The lowest BCUT2D eigenvalue weighted by Crippen LogP contribution is -2.27. The van der Waals surface area contributed by atoms with E-state index in [1.165, 1.54) is 69.5 Å². The van der Waals surface area contributed by atoms with Crippen molar-refractivity contribution in [3.8, 4) is 6.07 Å². The van der Waals surface area contributed by atoms with Crippen molar-refractivity contribution in [3.63, 3.8) is 0 Å². The lowest BCUT2D eigenvalue weighted by molar-refractivity contribution is -0.149. The highest BCUT2D eigenvalue weighted by Crippen LogP contribution is 2.34. The number of unbranched alkanes of at least 4 members (excludes halogenated alkanes) is 9. The van der Waals surface area contributed by atoms with E-state index in [2.05, 4.69) is 6.92 Å². The van der Waals surface area contributed by atoms with E-state index in [0.717, 1.165) is 23.9 Å². The maximum absolute atomic E-state index is 11.3. The predicted molar refractivity (Wildman–Crippen MR) is 116 cm³/mol. The first-order valence-electron chi connectivity index (χ1n) is 9.37. The number of aliphatic carboxylic acids is 1. The molecule has 0 aromatic heterocycles. The van der Waals surface area contributed by atoms with Crippen molar-refractivity contribution in [1.29, 1.82) is 5.26 Å². The molecule has 0 spiro atoms. The zero-order valence-corrected chi connectivity index (χ0v) is 18.4. The van der Waals surface area contributed by atoms with Crippen molar-refractivity contribution >= 4 is 51.0 Å². The molecule has 1 unspecified atom stereocenters. The monoisotopic (exact) mass is 417 g/mol. The highest BCUT2D eigenvalue weighted by atomic mass is 32.2. The SMILES string of the molecule is CCCCCCCCCCCCSC(=S)SC(C)(C#N)CC(=O)C(=O)O. The van der Waals surface area contributed by atoms with Gasteiger partial charge in [-0.05, 0) is 19.1 Å². The second-order valence-corrected chi connectivity index (χ2v) is 10.4. The summed E-state index contributed by atoms with van der Waals surface area (Å²) in [4.78, 5) is 22.0. The van der Waals surface area contributed by atoms with Gasteiger partial charge in [0.15, 0.2) is 0 Å². The lowest BCUT2D eigenvalue weighted by atomic mass is 10.1. The minimum atomic E-state index is -1.50. The van der Waals surface area contributed by atoms with Gasteiger partial charge in [-0.2, -0.15) is 5.26 Å². The number of Topliss-reactive ketones (excluding diaryl/α,β-unsaturated/α-hetero) is 1. The smallest absolute Gasteiger partial charge is 0.372 e. The van der Waals surface area contributed by atoms with Crippen LogP contribution in [0.2, 0.25) is 0 Å². The lowest BCUT2D eigenvalue weighted by Gasteiger charge is -2.19. The van der Waals surface area contributed by atoms with Gasteiger partial charge in [0.25, 0.3) is 0 Å². The quantitative estimate of drug-likeness (QED) is 0.199. The molecule has 0 aromatic rings. The highest BCUT2D eigenvalue weighted by Gasteiger charge is 2.32. The first kappa shape index (κ1) is 25.4. The Morgan fingerprint density at radius 2 is 1.54 bits per heavy atom. The summed E-state index contributed by atoms with van der Waals surface area (Å²) in [5.41, 5.74) is 0. The number of nitriles is 1. The third-order valence-electron chi connectivity index (χ3n) is 4.00. The number of carboxylic acids is 1. The van der Waals surface area contributed by atoms with Gasteiger partial charge in [-0.25, -0.2) is 4.79 Å². The zero-order chi connectivity index (χ0) is 19.8. The minimum Gasteiger partial charge on any atom is -0.475 e. The van der Waals surface area contributed by atoms with Crippen LogP contribution < -0.4 is 0 Å². The Bertz CT molecular complexity index is 491. The van der Waals surface area contributed by atoms with Gasteiger partial charge >= 0.3 is 5.97 Å². The van der Waals surface area contributed by atoms with Gasteiger partial charge in [-0.1, -0.05) is 88.7 Å². The van der Waals surface area contributed by atoms with E-state index in [0.29, 0.717) is 3.53 Å². The van der Waals surface area contributed by atoms with Crippen LogP contribution in [0, 0.1) is 11.3 Å². The van der Waals surface area contributed by atoms with Crippen LogP contribution in [0.5, 0.6) is 0 Å². The predicted octanol–water partition coefficient (Wildman–Crippen LogP) is 5.98. The molecule has 0 rings (SSSR count). The van der Waals surface area contributed by atoms with E-state index in [4.69, 9.17) is 17.3 Å². The molecular formula is C19H31NO3S3. The molecule has 148 valence electrons. The van der Waals surface area contributed by atoms with Crippen molar-refractivity contribution in [2.75, 3.05) is 5.75 Å². The molecule has 0 saturated heterocycles. The molecule has 7 heteroatoms. The fraction of sp³-hybridized carbons (Fsp3) is 0.789. The van der Waals surface area contributed by atoms with Crippen LogP contribution >= 0.6 is 35.7 Å². The molecule has 0 saturated carbocycles. The Morgan fingerprint density at radius 3 is 2.00 bits per heavy atom.